The molecular weight excluding hydrogens is 578 g/mol. The number of rotatable bonds is 6. The van der Waals surface area contributed by atoms with Crippen LogP contribution in [0.25, 0.3) is 0 Å². The Hall–Kier alpha value is -4.02. The number of hydrogen-bond acceptors (Lipinski definition) is 6. The van der Waals surface area contributed by atoms with Crippen LogP contribution in [0, 0.1) is 0 Å². The topological polar surface area (TPSA) is 120 Å². The summed E-state index contributed by atoms with van der Waals surface area (Å²) >= 11 is 0. The van der Waals surface area contributed by atoms with Crippen molar-refractivity contribution in [3.05, 3.63) is 59.9 Å². The molecule has 0 unspecified atom stereocenters. The molecule has 0 radical (unpaired) electrons. The summed E-state index contributed by atoms with van der Waals surface area (Å²) in [6, 6.07) is 12.8. The number of fused-ring (bicyclic) bond motifs is 1. The van der Waals surface area contributed by atoms with Gasteiger partial charge in [-0.2, -0.15) is 35.1 Å². The second-order valence-corrected chi connectivity index (χ2v) is 8.57. The zero-order chi connectivity index (χ0) is 31.0. The quantitative estimate of drug-likeness (QED) is 0.470. The molecule has 2 aliphatic heterocycles. The molecule has 4 rings (SSSR count). The lowest BCUT2D eigenvalue weighted by Crippen LogP contribution is -2.36. The molecule has 1 aromatic carbocycles. The van der Waals surface area contributed by atoms with E-state index in [9.17, 15) is 39.9 Å². The first-order valence-electron chi connectivity index (χ1n) is 11.6. The van der Waals surface area contributed by atoms with E-state index in [0.717, 1.165) is 30.8 Å². The van der Waals surface area contributed by atoms with Gasteiger partial charge in [0.1, 0.15) is 5.75 Å². The third kappa shape index (κ3) is 10.5. The largest absolute Gasteiger partial charge is 0.490 e. The normalized spacial score (nSPS) is 18.7. The van der Waals surface area contributed by atoms with E-state index in [-0.39, 0.29) is 23.7 Å². The molecule has 1 amide bonds. The Bertz CT molecular complexity index is 1140. The van der Waals surface area contributed by atoms with Gasteiger partial charge in [-0.1, -0.05) is 18.2 Å². The molecule has 0 aliphatic carbocycles. The number of alkyl halides is 8. The highest BCUT2D eigenvalue weighted by Crippen LogP contribution is 2.34. The zero-order valence-corrected chi connectivity index (χ0v) is 20.8. The van der Waals surface area contributed by atoms with Crippen molar-refractivity contribution < 1.29 is 64.5 Å². The molecule has 0 spiro atoms. The fourth-order valence-electron chi connectivity index (χ4n) is 4.08. The lowest BCUT2D eigenvalue weighted by Gasteiger charge is -2.25. The first kappa shape index (κ1) is 33.2. The van der Waals surface area contributed by atoms with Crippen molar-refractivity contribution in [2.24, 2.45) is 0 Å². The molecule has 41 heavy (non-hydrogen) atoms. The lowest BCUT2D eigenvalue weighted by atomic mass is 10.1. The van der Waals surface area contributed by atoms with Crippen LogP contribution >= 0.6 is 0 Å². The maximum atomic E-state index is 12.6. The van der Waals surface area contributed by atoms with E-state index in [0.29, 0.717) is 13.0 Å². The van der Waals surface area contributed by atoms with Crippen LogP contribution < -0.4 is 4.74 Å². The van der Waals surface area contributed by atoms with Crippen molar-refractivity contribution in [1.82, 2.24) is 14.8 Å². The van der Waals surface area contributed by atoms with Gasteiger partial charge in [-0.15, -0.1) is 0 Å². The number of nitrogens with zero attached hydrogens (tertiary/aromatic N) is 3. The first-order chi connectivity index (χ1) is 19.0. The van der Waals surface area contributed by atoms with Gasteiger partial charge >= 0.3 is 30.9 Å². The molecule has 226 valence electrons. The summed E-state index contributed by atoms with van der Waals surface area (Å²) < 4.78 is 92.4. The standard InChI is InChI=1S/C20H21F2N3O2.2C2HF3O2/c21-20(22)27-16-6-4-14(5-7-16)12-25-17-8-10-24(18(17)11-19(25)26)13-15-3-1-2-9-23-15;2*3-2(4,5)1(6)7/h1-7,9,17-18,20H,8,10-13H2;2*(H,6,7)/t17-,18-;;/m0../s1. The van der Waals surface area contributed by atoms with Gasteiger partial charge in [0.2, 0.25) is 5.91 Å². The first-order valence-corrected chi connectivity index (χ1v) is 11.6. The number of hydrogen-bond donors (Lipinski definition) is 2. The van der Waals surface area contributed by atoms with Crippen molar-refractivity contribution in [1.29, 1.82) is 0 Å². The minimum atomic E-state index is -5.08. The number of carboxylic acid groups (broad SMARTS) is 2. The van der Waals surface area contributed by atoms with E-state index in [2.05, 4.69) is 14.6 Å². The van der Waals surface area contributed by atoms with E-state index in [1.807, 2.05) is 23.1 Å². The number of carbonyl (C=O) groups excluding carboxylic acids is 1. The molecule has 2 N–H and O–H groups in total. The number of carboxylic acids is 2. The molecular formula is C24H23F8N3O6. The van der Waals surface area contributed by atoms with Crippen LogP contribution in [0.5, 0.6) is 5.75 Å². The van der Waals surface area contributed by atoms with Crippen molar-refractivity contribution in [3.63, 3.8) is 0 Å². The highest BCUT2D eigenvalue weighted by molar-refractivity contribution is 5.80. The number of halogens is 8. The number of ether oxygens (including phenoxy) is 1. The summed E-state index contributed by atoms with van der Waals surface area (Å²) in [4.78, 5) is 39.0. The number of pyridine rings is 1. The molecule has 2 saturated heterocycles. The van der Waals surface area contributed by atoms with Gasteiger partial charge in [-0.3, -0.25) is 14.7 Å². The fraction of sp³-hybridized carbons (Fsp3) is 0.417. The molecule has 0 saturated carbocycles. The monoisotopic (exact) mass is 601 g/mol. The summed E-state index contributed by atoms with van der Waals surface area (Å²) in [6.45, 7) is -0.646. The van der Waals surface area contributed by atoms with Crippen LogP contribution in [0.4, 0.5) is 35.1 Å². The van der Waals surface area contributed by atoms with Crippen molar-refractivity contribution in [2.75, 3.05) is 6.54 Å². The minimum Gasteiger partial charge on any atom is -0.475 e. The van der Waals surface area contributed by atoms with Crippen LogP contribution in [0.15, 0.2) is 48.7 Å². The fourth-order valence-corrected chi connectivity index (χ4v) is 4.08. The summed E-state index contributed by atoms with van der Waals surface area (Å²) in [5, 5.41) is 14.2. The number of aliphatic carboxylic acids is 2. The summed E-state index contributed by atoms with van der Waals surface area (Å²) in [6.07, 6.45) is -6.92. The number of aromatic nitrogens is 1. The summed E-state index contributed by atoms with van der Waals surface area (Å²) in [7, 11) is 0. The summed E-state index contributed by atoms with van der Waals surface area (Å²) in [5.74, 6) is -5.24. The van der Waals surface area contributed by atoms with E-state index >= 15 is 0 Å². The van der Waals surface area contributed by atoms with Crippen LogP contribution in [-0.4, -0.2) is 80.4 Å². The Balaban J connectivity index is 0.000000349. The van der Waals surface area contributed by atoms with Gasteiger partial charge < -0.3 is 19.8 Å². The second-order valence-electron chi connectivity index (χ2n) is 8.57. The van der Waals surface area contributed by atoms with Crippen LogP contribution in [-0.2, 0) is 27.5 Å². The number of amides is 1. The molecule has 2 atom stereocenters. The van der Waals surface area contributed by atoms with E-state index in [1.54, 1.807) is 18.3 Å². The van der Waals surface area contributed by atoms with Gasteiger partial charge in [0.25, 0.3) is 0 Å². The van der Waals surface area contributed by atoms with Crippen molar-refractivity contribution in [2.45, 2.75) is 57.0 Å². The zero-order valence-electron chi connectivity index (χ0n) is 20.8. The van der Waals surface area contributed by atoms with Gasteiger partial charge in [0, 0.05) is 44.3 Å². The van der Waals surface area contributed by atoms with E-state index < -0.39 is 30.9 Å². The molecule has 3 heterocycles. The third-order valence-electron chi connectivity index (χ3n) is 5.81. The summed E-state index contributed by atoms with van der Waals surface area (Å²) in [5.41, 5.74) is 1.92. The molecule has 9 nitrogen and oxygen atoms in total. The number of likely N-dealkylation sites (tertiary alicyclic amines) is 2. The van der Waals surface area contributed by atoms with Crippen LogP contribution in [0.3, 0.4) is 0 Å². The number of carbonyl (C=O) groups is 3. The Morgan fingerprint density at radius 2 is 1.49 bits per heavy atom. The van der Waals surface area contributed by atoms with Crippen molar-refractivity contribution >= 4 is 17.8 Å². The van der Waals surface area contributed by atoms with Crippen molar-refractivity contribution in [3.8, 4) is 5.75 Å². The molecule has 2 aliphatic rings. The SMILES string of the molecule is O=C(O)C(F)(F)F.O=C(O)C(F)(F)F.O=C1C[C@H]2[C@H](CCN2Cc2ccccn2)N1Cc1ccc(OC(F)F)cc1. The Morgan fingerprint density at radius 3 is 1.95 bits per heavy atom. The highest BCUT2D eigenvalue weighted by Gasteiger charge is 2.46. The van der Waals surface area contributed by atoms with E-state index in [1.165, 1.54) is 12.1 Å². The van der Waals surface area contributed by atoms with Gasteiger partial charge in [0.15, 0.2) is 0 Å². The van der Waals surface area contributed by atoms with Crippen LogP contribution in [0.1, 0.15) is 24.1 Å². The predicted molar refractivity (Wildman–Crippen MR) is 122 cm³/mol. The predicted octanol–water partition coefficient (Wildman–Crippen LogP) is 4.33. The van der Waals surface area contributed by atoms with Crippen LogP contribution in [0.2, 0.25) is 0 Å². The highest BCUT2D eigenvalue weighted by atomic mass is 19.4. The van der Waals surface area contributed by atoms with E-state index in [4.69, 9.17) is 19.8 Å². The maximum absolute atomic E-state index is 12.6. The molecule has 2 aromatic rings. The second kappa shape index (κ2) is 14.0. The maximum Gasteiger partial charge on any atom is 0.490 e. The van der Waals surface area contributed by atoms with Gasteiger partial charge in [0.05, 0.1) is 5.69 Å². The third-order valence-corrected chi connectivity index (χ3v) is 5.81. The molecule has 2 fully saturated rings. The smallest absolute Gasteiger partial charge is 0.475 e. The minimum absolute atomic E-state index is 0.127. The molecule has 17 heteroatoms. The Labute approximate surface area is 226 Å². The lowest BCUT2D eigenvalue weighted by molar-refractivity contribution is -0.193. The Kier molecular flexibility index (Phi) is 11.4. The average Bonchev–Trinajstić information content (AvgIpc) is 3.39. The Morgan fingerprint density at radius 1 is 0.927 bits per heavy atom. The van der Waals surface area contributed by atoms with Gasteiger partial charge in [-0.25, -0.2) is 9.59 Å². The molecule has 1 aromatic heterocycles. The average molecular weight is 601 g/mol. The number of benzene rings is 1. The molecule has 0 bridgehead atoms. The van der Waals surface area contributed by atoms with Gasteiger partial charge in [-0.05, 0) is 36.2 Å².